The fourth-order valence-corrected chi connectivity index (χ4v) is 3.62. The Hall–Kier alpha value is -3.54. The lowest BCUT2D eigenvalue weighted by atomic mass is 9.96. The van der Waals surface area contributed by atoms with E-state index < -0.39 is 18.0 Å². The van der Waals surface area contributed by atoms with Gasteiger partial charge in [-0.15, -0.1) is 0 Å². The molecule has 0 amide bonds. The van der Waals surface area contributed by atoms with E-state index in [2.05, 4.69) is 0 Å². The van der Waals surface area contributed by atoms with Crippen LogP contribution < -0.4 is 15.5 Å². The summed E-state index contributed by atoms with van der Waals surface area (Å²) in [4.78, 5) is 23.3. The summed E-state index contributed by atoms with van der Waals surface area (Å²) < 4.78 is 16.5. The third-order valence-electron chi connectivity index (χ3n) is 5.01. The second kappa shape index (κ2) is 6.56. The molecule has 2 heterocycles. The molecule has 142 valence electrons. The fraction of sp³-hybridized carbons (Fsp3) is 0.182. The fourth-order valence-electron chi connectivity index (χ4n) is 3.62. The summed E-state index contributed by atoms with van der Waals surface area (Å²) in [6, 6.07) is 9.38. The second-order valence-corrected chi connectivity index (χ2v) is 6.69. The first kappa shape index (κ1) is 17.9. The standard InChI is InChI=1S/C22H18O6/c1-11-8-17-20(12(2)15(9-18(23)24)22(25)28-17)21-19(11)16(10-27-21)13-4-6-14(26-3)7-5-13/h4-8,10H,9H2,1-3H3,(H,23,24)/p-1. The minimum absolute atomic E-state index is 0.0695. The lowest BCUT2D eigenvalue weighted by Gasteiger charge is -2.10. The highest BCUT2D eigenvalue weighted by molar-refractivity contribution is 6.11. The van der Waals surface area contributed by atoms with Gasteiger partial charge in [-0.05, 0) is 48.7 Å². The molecule has 0 unspecified atom stereocenters. The van der Waals surface area contributed by atoms with E-state index in [0.29, 0.717) is 22.1 Å². The van der Waals surface area contributed by atoms with Gasteiger partial charge in [-0.1, -0.05) is 12.1 Å². The minimum Gasteiger partial charge on any atom is -0.550 e. The van der Waals surface area contributed by atoms with Crippen molar-refractivity contribution in [3.8, 4) is 16.9 Å². The van der Waals surface area contributed by atoms with Crippen molar-refractivity contribution < 1.29 is 23.5 Å². The number of aryl methyl sites for hydroxylation is 2. The van der Waals surface area contributed by atoms with E-state index in [1.165, 1.54) is 0 Å². The van der Waals surface area contributed by atoms with Crippen LogP contribution in [0.4, 0.5) is 0 Å². The van der Waals surface area contributed by atoms with Crippen molar-refractivity contribution in [1.29, 1.82) is 0 Å². The number of carboxylic acids is 1. The van der Waals surface area contributed by atoms with Crippen molar-refractivity contribution >= 4 is 27.9 Å². The van der Waals surface area contributed by atoms with Crippen LogP contribution in [0, 0.1) is 13.8 Å². The lowest BCUT2D eigenvalue weighted by molar-refractivity contribution is -0.304. The van der Waals surface area contributed by atoms with Crippen LogP contribution in [0.2, 0.25) is 0 Å². The van der Waals surface area contributed by atoms with Crippen molar-refractivity contribution in [2.45, 2.75) is 20.3 Å². The van der Waals surface area contributed by atoms with Crippen molar-refractivity contribution in [3.05, 3.63) is 63.7 Å². The van der Waals surface area contributed by atoms with Crippen LogP contribution in [0.3, 0.4) is 0 Å². The van der Waals surface area contributed by atoms with Gasteiger partial charge in [0.05, 0.1) is 18.8 Å². The first-order valence-electron chi connectivity index (χ1n) is 8.72. The Morgan fingerprint density at radius 3 is 2.50 bits per heavy atom. The maximum atomic E-state index is 12.2. The molecule has 0 aliphatic rings. The van der Waals surface area contributed by atoms with E-state index in [-0.39, 0.29) is 5.56 Å². The Kier molecular flexibility index (Phi) is 4.19. The van der Waals surface area contributed by atoms with Gasteiger partial charge in [0, 0.05) is 28.9 Å². The van der Waals surface area contributed by atoms with Crippen LogP contribution in [0.1, 0.15) is 16.7 Å². The Balaban J connectivity index is 2.03. The average molecular weight is 377 g/mol. The minimum atomic E-state index is -1.34. The predicted octanol–water partition coefficient (Wildman–Crippen LogP) is 3.12. The van der Waals surface area contributed by atoms with Crippen LogP contribution in [0.5, 0.6) is 5.75 Å². The second-order valence-electron chi connectivity index (χ2n) is 6.69. The van der Waals surface area contributed by atoms with Gasteiger partial charge in [-0.2, -0.15) is 0 Å². The summed E-state index contributed by atoms with van der Waals surface area (Å²) in [5.41, 5.74) is 3.58. The van der Waals surface area contributed by atoms with Gasteiger partial charge in [0.15, 0.2) is 0 Å². The molecular formula is C22H17O6-. The summed E-state index contributed by atoms with van der Waals surface area (Å²) in [5, 5.41) is 12.5. The first-order chi connectivity index (χ1) is 13.4. The number of aliphatic carboxylic acids is 1. The van der Waals surface area contributed by atoms with Crippen LogP contribution in [0.25, 0.3) is 33.1 Å². The summed E-state index contributed by atoms with van der Waals surface area (Å²) in [6.45, 7) is 3.61. The molecule has 0 saturated carbocycles. The normalized spacial score (nSPS) is 11.2. The molecular weight excluding hydrogens is 360 g/mol. The Labute approximate surface area is 160 Å². The molecule has 0 spiro atoms. The van der Waals surface area contributed by atoms with Gasteiger partial charge < -0.3 is 23.5 Å². The number of ether oxygens (including phenoxy) is 1. The number of hydrogen-bond donors (Lipinski definition) is 0. The van der Waals surface area contributed by atoms with Gasteiger partial charge in [0.1, 0.15) is 16.9 Å². The van der Waals surface area contributed by atoms with Gasteiger partial charge in [0.25, 0.3) is 0 Å². The molecule has 28 heavy (non-hydrogen) atoms. The van der Waals surface area contributed by atoms with Crippen LogP contribution in [-0.4, -0.2) is 13.1 Å². The Morgan fingerprint density at radius 2 is 1.86 bits per heavy atom. The van der Waals surface area contributed by atoms with Gasteiger partial charge in [0.2, 0.25) is 0 Å². The van der Waals surface area contributed by atoms with E-state index in [0.717, 1.165) is 27.8 Å². The molecule has 0 atom stereocenters. The topological polar surface area (TPSA) is 92.7 Å². The summed E-state index contributed by atoms with van der Waals surface area (Å²) >= 11 is 0. The smallest absolute Gasteiger partial charge is 0.340 e. The van der Waals surface area contributed by atoms with Crippen LogP contribution in [0.15, 0.2) is 50.2 Å². The highest BCUT2D eigenvalue weighted by atomic mass is 16.5. The lowest BCUT2D eigenvalue weighted by Crippen LogP contribution is -2.27. The Morgan fingerprint density at radius 1 is 1.14 bits per heavy atom. The predicted molar refractivity (Wildman–Crippen MR) is 102 cm³/mol. The van der Waals surface area contributed by atoms with E-state index >= 15 is 0 Å². The van der Waals surface area contributed by atoms with Crippen molar-refractivity contribution in [2.24, 2.45) is 0 Å². The van der Waals surface area contributed by atoms with Gasteiger partial charge in [-0.25, -0.2) is 4.79 Å². The molecule has 0 fully saturated rings. The van der Waals surface area contributed by atoms with E-state index in [1.807, 2.05) is 31.2 Å². The zero-order chi connectivity index (χ0) is 20.0. The zero-order valence-corrected chi connectivity index (χ0v) is 15.6. The highest BCUT2D eigenvalue weighted by Gasteiger charge is 2.20. The third-order valence-corrected chi connectivity index (χ3v) is 5.01. The molecule has 6 heteroatoms. The molecule has 4 rings (SSSR count). The molecule has 4 aromatic rings. The highest BCUT2D eigenvalue weighted by Crippen LogP contribution is 2.39. The van der Waals surface area contributed by atoms with Crippen molar-refractivity contribution in [1.82, 2.24) is 0 Å². The molecule has 2 aromatic carbocycles. The summed E-state index contributed by atoms with van der Waals surface area (Å²) in [5.74, 6) is -0.584. The number of rotatable bonds is 4. The van der Waals surface area contributed by atoms with Gasteiger partial charge in [-0.3, -0.25) is 0 Å². The van der Waals surface area contributed by atoms with Crippen molar-refractivity contribution in [2.75, 3.05) is 7.11 Å². The third kappa shape index (κ3) is 2.74. The van der Waals surface area contributed by atoms with E-state index in [9.17, 15) is 14.7 Å². The van der Waals surface area contributed by atoms with E-state index in [1.54, 1.807) is 26.4 Å². The maximum Gasteiger partial charge on any atom is 0.340 e. The molecule has 0 bridgehead atoms. The number of benzene rings is 2. The van der Waals surface area contributed by atoms with Crippen molar-refractivity contribution in [3.63, 3.8) is 0 Å². The summed E-state index contributed by atoms with van der Waals surface area (Å²) in [6.07, 6.45) is 1.15. The van der Waals surface area contributed by atoms with Crippen LogP contribution in [-0.2, 0) is 11.2 Å². The Bertz CT molecular complexity index is 1270. The number of carboxylic acid groups (broad SMARTS) is 1. The molecule has 6 nitrogen and oxygen atoms in total. The number of furan rings is 1. The largest absolute Gasteiger partial charge is 0.550 e. The molecule has 0 saturated heterocycles. The number of fused-ring (bicyclic) bond motifs is 3. The molecule has 0 aliphatic carbocycles. The molecule has 0 aliphatic heterocycles. The molecule has 0 radical (unpaired) electrons. The SMILES string of the molecule is COc1ccc(-c2coc3c2c(C)cc2oc(=O)c(CC(=O)[O-])c(C)c23)cc1. The average Bonchev–Trinajstić information content (AvgIpc) is 3.10. The first-order valence-corrected chi connectivity index (χ1v) is 8.72. The monoisotopic (exact) mass is 377 g/mol. The summed E-state index contributed by atoms with van der Waals surface area (Å²) in [7, 11) is 1.61. The number of methoxy groups -OCH3 is 1. The van der Waals surface area contributed by atoms with E-state index in [4.69, 9.17) is 13.6 Å². The number of hydrogen-bond acceptors (Lipinski definition) is 6. The van der Waals surface area contributed by atoms with Crippen LogP contribution >= 0.6 is 0 Å². The molecule has 0 N–H and O–H groups in total. The number of carbonyl (C=O) groups excluding carboxylic acids is 1. The molecule has 2 aromatic heterocycles. The zero-order valence-electron chi connectivity index (χ0n) is 15.6. The van der Waals surface area contributed by atoms with Gasteiger partial charge >= 0.3 is 5.63 Å². The maximum absolute atomic E-state index is 12.2. The quantitative estimate of drug-likeness (QED) is 0.507. The number of carbonyl (C=O) groups is 1.